The number of nitro benzene ring substituents is 1. The zero-order valence-electron chi connectivity index (χ0n) is 17.7. The van der Waals surface area contributed by atoms with Crippen LogP contribution >= 0.6 is 11.8 Å². The van der Waals surface area contributed by atoms with Crippen molar-refractivity contribution in [3.63, 3.8) is 0 Å². The topological polar surface area (TPSA) is 111 Å². The molecule has 0 atom stereocenters. The second-order valence-corrected chi connectivity index (χ2v) is 8.18. The molecular weight excluding hydrogens is 440 g/mol. The second kappa shape index (κ2) is 10.1. The first-order valence-corrected chi connectivity index (χ1v) is 11.1. The number of thioether (sulfide) groups is 1. The standard InChI is InChI=1S/C24H20N4O4S/c1-16-12-13-19(28(30)31)14-20(16)25-21(29)15-33-24-27-26-23(32-24)22(17-8-4-2-5-9-17)18-10-6-3-7-11-18/h2-14,22H,15H2,1H3,(H,25,29). The fourth-order valence-electron chi connectivity index (χ4n) is 3.34. The van der Waals surface area contributed by atoms with Crippen molar-refractivity contribution >= 4 is 29.0 Å². The maximum atomic E-state index is 12.4. The molecule has 0 aliphatic carbocycles. The summed E-state index contributed by atoms with van der Waals surface area (Å²) in [6.45, 7) is 1.77. The lowest BCUT2D eigenvalue weighted by molar-refractivity contribution is -0.384. The Labute approximate surface area is 194 Å². The van der Waals surface area contributed by atoms with E-state index in [1.54, 1.807) is 13.0 Å². The number of carbonyl (C=O) groups is 1. The third kappa shape index (κ3) is 5.45. The molecule has 0 unspecified atom stereocenters. The minimum absolute atomic E-state index is 0.0190. The van der Waals surface area contributed by atoms with Crippen LogP contribution in [0, 0.1) is 17.0 Å². The van der Waals surface area contributed by atoms with Gasteiger partial charge >= 0.3 is 0 Å². The summed E-state index contributed by atoms with van der Waals surface area (Å²) >= 11 is 1.11. The Hall–Kier alpha value is -3.98. The highest BCUT2D eigenvalue weighted by Crippen LogP contribution is 2.32. The molecule has 4 aromatic rings. The quantitative estimate of drug-likeness (QED) is 0.219. The van der Waals surface area contributed by atoms with E-state index in [-0.39, 0.29) is 28.5 Å². The number of nitrogens with zero attached hydrogens (tertiary/aromatic N) is 3. The van der Waals surface area contributed by atoms with Crippen LogP contribution < -0.4 is 5.32 Å². The third-order valence-corrected chi connectivity index (χ3v) is 5.79. The Morgan fingerprint density at radius 1 is 1.03 bits per heavy atom. The molecule has 1 heterocycles. The minimum Gasteiger partial charge on any atom is -0.415 e. The lowest BCUT2D eigenvalue weighted by Gasteiger charge is -2.13. The molecule has 3 aromatic carbocycles. The molecule has 0 saturated heterocycles. The van der Waals surface area contributed by atoms with E-state index in [9.17, 15) is 14.9 Å². The summed E-state index contributed by atoms with van der Waals surface area (Å²) in [4.78, 5) is 22.9. The molecule has 1 amide bonds. The molecule has 0 fully saturated rings. The van der Waals surface area contributed by atoms with E-state index in [0.29, 0.717) is 11.6 Å². The zero-order chi connectivity index (χ0) is 23.2. The third-order valence-electron chi connectivity index (χ3n) is 4.97. The molecule has 0 radical (unpaired) electrons. The van der Waals surface area contributed by atoms with Crippen molar-refractivity contribution in [1.82, 2.24) is 10.2 Å². The van der Waals surface area contributed by atoms with Crippen LogP contribution in [0.1, 0.15) is 28.5 Å². The Balaban J connectivity index is 1.46. The number of hydrogen-bond donors (Lipinski definition) is 1. The Bertz CT molecular complexity index is 1220. The number of non-ortho nitro benzene ring substituents is 1. The van der Waals surface area contributed by atoms with Gasteiger partial charge in [0, 0.05) is 12.1 Å². The number of nitro groups is 1. The van der Waals surface area contributed by atoms with Gasteiger partial charge < -0.3 is 9.73 Å². The number of nitrogens with one attached hydrogen (secondary N) is 1. The fourth-order valence-corrected chi connectivity index (χ4v) is 3.91. The van der Waals surface area contributed by atoms with Crippen molar-refractivity contribution in [1.29, 1.82) is 0 Å². The monoisotopic (exact) mass is 460 g/mol. The zero-order valence-corrected chi connectivity index (χ0v) is 18.5. The normalized spacial score (nSPS) is 10.8. The Kier molecular flexibility index (Phi) is 6.80. The van der Waals surface area contributed by atoms with E-state index in [4.69, 9.17) is 4.42 Å². The Morgan fingerprint density at radius 2 is 1.67 bits per heavy atom. The van der Waals surface area contributed by atoms with Gasteiger partial charge in [-0.2, -0.15) is 0 Å². The molecule has 33 heavy (non-hydrogen) atoms. The average Bonchev–Trinajstić information content (AvgIpc) is 3.29. The lowest BCUT2D eigenvalue weighted by Crippen LogP contribution is -2.15. The molecule has 1 N–H and O–H groups in total. The van der Waals surface area contributed by atoms with Gasteiger partial charge in [0.15, 0.2) is 0 Å². The van der Waals surface area contributed by atoms with Gasteiger partial charge in [-0.15, -0.1) is 10.2 Å². The highest BCUT2D eigenvalue weighted by Gasteiger charge is 2.23. The highest BCUT2D eigenvalue weighted by atomic mass is 32.2. The van der Waals surface area contributed by atoms with Crippen LogP contribution in [0.4, 0.5) is 11.4 Å². The molecule has 0 aliphatic rings. The van der Waals surface area contributed by atoms with Gasteiger partial charge in [0.1, 0.15) is 0 Å². The molecule has 1 aromatic heterocycles. The molecular formula is C24H20N4O4S. The van der Waals surface area contributed by atoms with Crippen molar-refractivity contribution in [2.45, 2.75) is 18.1 Å². The fraction of sp³-hybridized carbons (Fsp3) is 0.125. The van der Waals surface area contributed by atoms with E-state index in [0.717, 1.165) is 28.5 Å². The highest BCUT2D eigenvalue weighted by molar-refractivity contribution is 7.99. The van der Waals surface area contributed by atoms with E-state index in [1.165, 1.54) is 12.1 Å². The number of aromatic nitrogens is 2. The van der Waals surface area contributed by atoms with E-state index in [2.05, 4.69) is 15.5 Å². The number of carbonyl (C=O) groups excluding carboxylic acids is 1. The summed E-state index contributed by atoms with van der Waals surface area (Å²) in [6, 6.07) is 24.1. The van der Waals surface area contributed by atoms with E-state index >= 15 is 0 Å². The number of aryl methyl sites for hydroxylation is 1. The van der Waals surface area contributed by atoms with Crippen molar-refractivity contribution < 1.29 is 14.1 Å². The van der Waals surface area contributed by atoms with Gasteiger partial charge in [0.05, 0.1) is 22.3 Å². The average molecular weight is 461 g/mol. The number of rotatable bonds is 8. The number of benzene rings is 3. The van der Waals surface area contributed by atoms with Crippen LogP contribution in [-0.2, 0) is 4.79 Å². The maximum absolute atomic E-state index is 12.4. The first-order chi connectivity index (χ1) is 16.0. The van der Waals surface area contributed by atoms with Crippen molar-refractivity contribution in [2.24, 2.45) is 0 Å². The minimum atomic E-state index is -0.500. The molecule has 0 aliphatic heterocycles. The molecule has 0 spiro atoms. The number of amides is 1. The SMILES string of the molecule is Cc1ccc([N+](=O)[O-])cc1NC(=O)CSc1nnc(C(c2ccccc2)c2ccccc2)o1. The number of anilines is 1. The lowest BCUT2D eigenvalue weighted by atomic mass is 9.91. The van der Waals surface area contributed by atoms with Crippen LogP contribution in [0.25, 0.3) is 0 Å². The molecule has 0 saturated carbocycles. The first kappa shape index (κ1) is 22.2. The Morgan fingerprint density at radius 3 is 2.27 bits per heavy atom. The smallest absolute Gasteiger partial charge is 0.277 e. The first-order valence-electron chi connectivity index (χ1n) is 10.1. The van der Waals surface area contributed by atoms with Crippen molar-refractivity contribution in [3.05, 3.63) is 112 Å². The molecule has 0 bridgehead atoms. The van der Waals surface area contributed by atoms with E-state index < -0.39 is 4.92 Å². The van der Waals surface area contributed by atoms with Crippen molar-refractivity contribution in [3.8, 4) is 0 Å². The van der Waals surface area contributed by atoms with Crippen LogP contribution in [0.5, 0.6) is 0 Å². The van der Waals surface area contributed by atoms with E-state index in [1.807, 2.05) is 60.7 Å². The number of hydrogen-bond acceptors (Lipinski definition) is 7. The summed E-state index contributed by atoms with van der Waals surface area (Å²) in [5, 5.41) is 22.3. The largest absolute Gasteiger partial charge is 0.415 e. The predicted octanol–water partition coefficient (Wildman–Crippen LogP) is 5.20. The van der Waals surface area contributed by atoms with Gasteiger partial charge in [-0.3, -0.25) is 14.9 Å². The summed E-state index contributed by atoms with van der Waals surface area (Å²) in [5.74, 6) is -0.100. The van der Waals surface area contributed by atoms with Crippen LogP contribution in [0.15, 0.2) is 88.5 Å². The van der Waals surface area contributed by atoms with Crippen LogP contribution in [0.3, 0.4) is 0 Å². The second-order valence-electron chi connectivity index (χ2n) is 7.25. The summed E-state index contributed by atoms with van der Waals surface area (Å²) < 4.78 is 5.90. The summed E-state index contributed by atoms with van der Waals surface area (Å²) in [5.41, 5.74) is 3.07. The van der Waals surface area contributed by atoms with Gasteiger partial charge in [-0.25, -0.2) is 0 Å². The van der Waals surface area contributed by atoms with Gasteiger partial charge in [0.2, 0.25) is 11.8 Å². The molecule has 8 nitrogen and oxygen atoms in total. The van der Waals surface area contributed by atoms with Gasteiger partial charge in [-0.1, -0.05) is 78.5 Å². The van der Waals surface area contributed by atoms with Crippen LogP contribution in [0.2, 0.25) is 0 Å². The van der Waals surface area contributed by atoms with Gasteiger partial charge in [-0.05, 0) is 23.6 Å². The molecule has 166 valence electrons. The maximum Gasteiger partial charge on any atom is 0.277 e. The summed E-state index contributed by atoms with van der Waals surface area (Å²) in [7, 11) is 0. The molecule has 4 rings (SSSR count). The predicted molar refractivity (Wildman–Crippen MR) is 125 cm³/mol. The van der Waals surface area contributed by atoms with Crippen molar-refractivity contribution in [2.75, 3.05) is 11.1 Å². The van der Waals surface area contributed by atoms with Crippen LogP contribution in [-0.4, -0.2) is 26.8 Å². The van der Waals surface area contributed by atoms with Gasteiger partial charge in [0.25, 0.3) is 10.9 Å². The molecule has 9 heteroatoms. The summed E-state index contributed by atoms with van der Waals surface area (Å²) in [6.07, 6.45) is 0.